The summed E-state index contributed by atoms with van der Waals surface area (Å²) in [6.07, 6.45) is 1.88. The number of pyridine rings is 1. The molecule has 0 N–H and O–H groups in total. The number of ether oxygens (including phenoxy) is 2. The number of methoxy groups -OCH3 is 1. The molecule has 0 radical (unpaired) electrons. The maximum Gasteiger partial charge on any atom is 0.130 e. The summed E-state index contributed by atoms with van der Waals surface area (Å²) in [6.45, 7) is 2.02. The van der Waals surface area contributed by atoms with E-state index in [-0.39, 0.29) is 6.10 Å². The van der Waals surface area contributed by atoms with Gasteiger partial charge in [0, 0.05) is 23.0 Å². The van der Waals surface area contributed by atoms with Crippen molar-refractivity contribution >= 4 is 26.8 Å². The molecular weight excluding hydrogens is 282 g/mol. The Morgan fingerprint density at radius 2 is 2.18 bits per heavy atom. The lowest BCUT2D eigenvalue weighted by Crippen LogP contribution is -2.13. The fourth-order valence-electron chi connectivity index (χ4n) is 1.58. The Hall–Kier alpha value is -1.29. The Balaban J connectivity index is 2.43. The molecule has 0 spiro atoms. The summed E-state index contributed by atoms with van der Waals surface area (Å²) in [4.78, 5) is 4.31. The van der Waals surface area contributed by atoms with Crippen LogP contribution in [0.3, 0.4) is 0 Å². The van der Waals surface area contributed by atoms with Gasteiger partial charge in [-0.25, -0.2) is 0 Å². The fourth-order valence-corrected chi connectivity index (χ4v) is 1.71. The van der Waals surface area contributed by atoms with Crippen molar-refractivity contribution < 1.29 is 9.47 Å². The van der Waals surface area contributed by atoms with Crippen LogP contribution in [0, 0.1) is 0 Å². The quantitative estimate of drug-likeness (QED) is 0.810. The third-order valence-corrected chi connectivity index (χ3v) is 3.37. The maximum atomic E-state index is 5.82. The van der Waals surface area contributed by atoms with Crippen molar-refractivity contribution in [3.05, 3.63) is 30.5 Å². The average Bonchev–Trinajstić information content (AvgIpc) is 2.38. The van der Waals surface area contributed by atoms with Gasteiger partial charge < -0.3 is 9.47 Å². The second-order valence-corrected chi connectivity index (χ2v) is 4.42. The van der Waals surface area contributed by atoms with Crippen molar-refractivity contribution in [2.24, 2.45) is 0 Å². The lowest BCUT2D eigenvalue weighted by Gasteiger charge is -2.13. The van der Waals surface area contributed by atoms with E-state index in [1.165, 1.54) is 0 Å². The van der Waals surface area contributed by atoms with Crippen LogP contribution in [0.2, 0.25) is 0 Å². The third kappa shape index (κ3) is 2.69. The lowest BCUT2D eigenvalue weighted by molar-refractivity contribution is 0.251. The van der Waals surface area contributed by atoms with E-state index >= 15 is 0 Å². The van der Waals surface area contributed by atoms with Gasteiger partial charge in [-0.15, -0.1) is 0 Å². The van der Waals surface area contributed by atoms with E-state index < -0.39 is 0 Å². The molecule has 0 fully saturated rings. The van der Waals surface area contributed by atoms with Gasteiger partial charge in [0.1, 0.15) is 17.6 Å². The van der Waals surface area contributed by atoms with Gasteiger partial charge in [0.05, 0.1) is 12.6 Å². The number of hydrogen-bond donors (Lipinski definition) is 0. The molecule has 1 aromatic carbocycles. The smallest absolute Gasteiger partial charge is 0.130 e. The van der Waals surface area contributed by atoms with Crippen LogP contribution in [-0.2, 0) is 0 Å². The molecule has 1 heterocycles. The fraction of sp³-hybridized carbons (Fsp3) is 0.308. The predicted molar refractivity (Wildman–Crippen MR) is 72.2 cm³/mol. The van der Waals surface area contributed by atoms with Crippen LogP contribution in [-0.4, -0.2) is 23.5 Å². The second kappa shape index (κ2) is 5.36. The van der Waals surface area contributed by atoms with Crippen molar-refractivity contribution in [2.75, 3.05) is 12.4 Å². The molecule has 4 heteroatoms. The van der Waals surface area contributed by atoms with Crippen molar-refractivity contribution in [3.63, 3.8) is 0 Å². The first kappa shape index (κ1) is 12.2. The zero-order valence-corrected chi connectivity index (χ0v) is 11.4. The molecule has 1 unspecified atom stereocenters. The molecule has 0 saturated carbocycles. The molecule has 2 aromatic rings. The van der Waals surface area contributed by atoms with E-state index in [0.29, 0.717) is 0 Å². The third-order valence-electron chi connectivity index (χ3n) is 2.46. The van der Waals surface area contributed by atoms with E-state index in [1.54, 1.807) is 13.3 Å². The molecule has 3 nitrogen and oxygen atoms in total. The van der Waals surface area contributed by atoms with Crippen molar-refractivity contribution in [2.45, 2.75) is 13.0 Å². The summed E-state index contributed by atoms with van der Waals surface area (Å²) in [5, 5.41) is 1.80. The Morgan fingerprint density at radius 1 is 1.35 bits per heavy atom. The van der Waals surface area contributed by atoms with Gasteiger partial charge in [-0.05, 0) is 25.1 Å². The van der Waals surface area contributed by atoms with Crippen LogP contribution in [0.15, 0.2) is 30.5 Å². The standard InChI is InChI=1S/C13H14BrNO2/c1-9(8-14)17-13-5-6-15-12-7-10(16-2)3-4-11(12)13/h3-7,9H,8H2,1-2H3. The van der Waals surface area contributed by atoms with Crippen LogP contribution < -0.4 is 9.47 Å². The molecule has 1 aromatic heterocycles. The number of aromatic nitrogens is 1. The van der Waals surface area contributed by atoms with E-state index in [1.807, 2.05) is 31.2 Å². The number of fused-ring (bicyclic) bond motifs is 1. The molecule has 0 bridgehead atoms. The molecule has 0 aliphatic rings. The topological polar surface area (TPSA) is 31.4 Å². The molecule has 90 valence electrons. The summed E-state index contributed by atoms with van der Waals surface area (Å²) in [5.74, 6) is 1.65. The van der Waals surface area contributed by atoms with Crippen molar-refractivity contribution in [3.8, 4) is 11.5 Å². The molecule has 2 rings (SSSR count). The van der Waals surface area contributed by atoms with Crippen LogP contribution >= 0.6 is 15.9 Å². The minimum atomic E-state index is 0.128. The Labute approximate surface area is 109 Å². The Morgan fingerprint density at radius 3 is 2.88 bits per heavy atom. The largest absolute Gasteiger partial charge is 0.497 e. The zero-order chi connectivity index (χ0) is 12.3. The first-order valence-electron chi connectivity index (χ1n) is 5.40. The average molecular weight is 296 g/mol. The predicted octanol–water partition coefficient (Wildman–Crippen LogP) is 3.41. The number of alkyl halides is 1. The summed E-state index contributed by atoms with van der Waals surface area (Å²) < 4.78 is 11.0. The summed E-state index contributed by atoms with van der Waals surface area (Å²) >= 11 is 3.40. The minimum Gasteiger partial charge on any atom is -0.497 e. The second-order valence-electron chi connectivity index (χ2n) is 3.77. The van der Waals surface area contributed by atoms with E-state index in [0.717, 1.165) is 27.7 Å². The lowest BCUT2D eigenvalue weighted by atomic mass is 10.2. The van der Waals surface area contributed by atoms with E-state index in [9.17, 15) is 0 Å². The van der Waals surface area contributed by atoms with Crippen LogP contribution in [0.4, 0.5) is 0 Å². The van der Waals surface area contributed by atoms with Crippen LogP contribution in [0.5, 0.6) is 11.5 Å². The number of benzene rings is 1. The summed E-state index contributed by atoms with van der Waals surface area (Å²) in [6, 6.07) is 7.67. The van der Waals surface area contributed by atoms with Crippen LogP contribution in [0.25, 0.3) is 10.9 Å². The highest BCUT2D eigenvalue weighted by Crippen LogP contribution is 2.27. The molecule has 0 aliphatic carbocycles. The Kier molecular flexibility index (Phi) is 3.84. The van der Waals surface area contributed by atoms with E-state index in [4.69, 9.17) is 9.47 Å². The Bertz CT molecular complexity index is 516. The van der Waals surface area contributed by atoms with Gasteiger partial charge in [-0.2, -0.15) is 0 Å². The highest BCUT2D eigenvalue weighted by atomic mass is 79.9. The highest BCUT2D eigenvalue weighted by molar-refractivity contribution is 9.09. The number of rotatable bonds is 4. The number of nitrogens with zero attached hydrogens (tertiary/aromatic N) is 1. The van der Waals surface area contributed by atoms with E-state index in [2.05, 4.69) is 20.9 Å². The van der Waals surface area contributed by atoms with Crippen LogP contribution in [0.1, 0.15) is 6.92 Å². The molecule has 0 aliphatic heterocycles. The van der Waals surface area contributed by atoms with Gasteiger partial charge in [0.15, 0.2) is 0 Å². The maximum absolute atomic E-state index is 5.82. The molecule has 0 saturated heterocycles. The first-order valence-corrected chi connectivity index (χ1v) is 6.52. The van der Waals surface area contributed by atoms with Gasteiger partial charge in [-0.3, -0.25) is 4.98 Å². The number of hydrogen-bond acceptors (Lipinski definition) is 3. The molecule has 0 amide bonds. The first-order chi connectivity index (χ1) is 8.24. The van der Waals surface area contributed by atoms with Crippen molar-refractivity contribution in [1.82, 2.24) is 4.98 Å². The van der Waals surface area contributed by atoms with Gasteiger partial charge in [0.2, 0.25) is 0 Å². The molecule has 1 atom stereocenters. The molecular formula is C13H14BrNO2. The summed E-state index contributed by atoms with van der Waals surface area (Å²) in [5.41, 5.74) is 0.878. The summed E-state index contributed by atoms with van der Waals surface area (Å²) in [7, 11) is 1.65. The zero-order valence-electron chi connectivity index (χ0n) is 9.81. The van der Waals surface area contributed by atoms with Gasteiger partial charge >= 0.3 is 0 Å². The van der Waals surface area contributed by atoms with Crippen molar-refractivity contribution in [1.29, 1.82) is 0 Å². The number of halogens is 1. The normalized spacial score (nSPS) is 12.4. The monoisotopic (exact) mass is 295 g/mol. The van der Waals surface area contributed by atoms with Gasteiger partial charge in [-0.1, -0.05) is 15.9 Å². The minimum absolute atomic E-state index is 0.128. The molecule has 17 heavy (non-hydrogen) atoms. The van der Waals surface area contributed by atoms with Gasteiger partial charge in [0.25, 0.3) is 0 Å². The SMILES string of the molecule is COc1ccc2c(OC(C)CBr)ccnc2c1. The highest BCUT2D eigenvalue weighted by Gasteiger charge is 2.07.